The van der Waals surface area contributed by atoms with Gasteiger partial charge in [-0.2, -0.15) is 5.26 Å². The van der Waals surface area contributed by atoms with Crippen LogP contribution in [0.2, 0.25) is 0 Å². The van der Waals surface area contributed by atoms with Gasteiger partial charge in [0.1, 0.15) is 6.07 Å². The average Bonchev–Trinajstić information content (AvgIpc) is 2.81. The second-order valence-corrected chi connectivity index (χ2v) is 5.86. The van der Waals surface area contributed by atoms with E-state index in [1.165, 1.54) is 11.8 Å². The Kier molecular flexibility index (Phi) is 3.28. The summed E-state index contributed by atoms with van der Waals surface area (Å²) in [6, 6.07) is 15.7. The van der Waals surface area contributed by atoms with Crippen LogP contribution < -0.4 is 0 Å². The van der Waals surface area contributed by atoms with Crippen molar-refractivity contribution in [2.45, 2.75) is 10.1 Å². The van der Waals surface area contributed by atoms with Crippen molar-refractivity contribution in [2.75, 3.05) is 0 Å². The van der Waals surface area contributed by atoms with Crippen LogP contribution in [0.5, 0.6) is 0 Å². The first-order valence-corrected chi connectivity index (χ1v) is 7.19. The summed E-state index contributed by atoms with van der Waals surface area (Å²) in [6.45, 7) is 0. The topological polar surface area (TPSA) is 52.5 Å². The van der Waals surface area contributed by atoms with Crippen molar-refractivity contribution in [3.05, 3.63) is 52.5 Å². The molecule has 1 N–H and O–H groups in total. The Bertz CT molecular complexity index is 756. The summed E-state index contributed by atoms with van der Waals surface area (Å²) < 4.78 is 0.949. The van der Waals surface area contributed by atoms with Crippen LogP contribution in [0.1, 0.15) is 5.56 Å². The first-order chi connectivity index (χ1) is 9.26. The predicted molar refractivity (Wildman–Crippen MR) is 79.1 cm³/mol. The number of H-pyrrole nitrogens is 1. The molecular weight excluding hydrogens is 322 g/mol. The number of halogens is 1. The second-order valence-electron chi connectivity index (χ2n) is 3.91. The van der Waals surface area contributed by atoms with Crippen molar-refractivity contribution < 1.29 is 0 Å². The lowest BCUT2D eigenvalue weighted by atomic mass is 10.2. The van der Waals surface area contributed by atoms with Gasteiger partial charge in [-0.3, -0.25) is 0 Å². The van der Waals surface area contributed by atoms with Crippen LogP contribution in [-0.4, -0.2) is 9.97 Å². The number of nitrogens with one attached hydrogen (secondary N) is 1. The fraction of sp³-hybridized carbons (Fsp3) is 0. The van der Waals surface area contributed by atoms with Crippen LogP contribution in [0.15, 0.2) is 57.0 Å². The van der Waals surface area contributed by atoms with E-state index in [2.05, 4.69) is 32.0 Å². The molecule has 5 heteroatoms. The summed E-state index contributed by atoms with van der Waals surface area (Å²) in [4.78, 5) is 8.62. The zero-order chi connectivity index (χ0) is 13.2. The molecule has 2 aromatic carbocycles. The number of imidazole rings is 1. The molecule has 0 aliphatic carbocycles. The van der Waals surface area contributed by atoms with Crippen molar-refractivity contribution >= 4 is 38.7 Å². The summed E-state index contributed by atoms with van der Waals surface area (Å²) >= 11 is 4.88. The molecule has 1 heterocycles. The van der Waals surface area contributed by atoms with E-state index in [9.17, 15) is 0 Å². The van der Waals surface area contributed by atoms with Crippen molar-refractivity contribution in [1.82, 2.24) is 9.97 Å². The quantitative estimate of drug-likeness (QED) is 0.760. The molecule has 3 nitrogen and oxygen atoms in total. The molecule has 0 amide bonds. The molecule has 0 spiro atoms. The summed E-state index contributed by atoms with van der Waals surface area (Å²) in [5, 5.41) is 9.91. The van der Waals surface area contributed by atoms with Gasteiger partial charge in [-0.25, -0.2) is 4.98 Å². The molecule has 3 rings (SSSR count). The van der Waals surface area contributed by atoms with Gasteiger partial charge >= 0.3 is 0 Å². The van der Waals surface area contributed by atoms with E-state index in [4.69, 9.17) is 5.26 Å². The third-order valence-electron chi connectivity index (χ3n) is 2.64. The number of nitrogens with zero attached hydrogens (tertiary/aromatic N) is 2. The number of hydrogen-bond acceptors (Lipinski definition) is 3. The molecule has 0 radical (unpaired) electrons. The molecule has 0 aliphatic rings. The maximum absolute atomic E-state index is 9.12. The van der Waals surface area contributed by atoms with Crippen LogP contribution >= 0.6 is 27.7 Å². The number of hydrogen-bond donors (Lipinski definition) is 1. The highest BCUT2D eigenvalue weighted by molar-refractivity contribution is 9.10. The maximum atomic E-state index is 9.12. The zero-order valence-corrected chi connectivity index (χ0v) is 12.1. The second kappa shape index (κ2) is 5.08. The van der Waals surface area contributed by atoms with Gasteiger partial charge in [-0.05, 0) is 30.3 Å². The highest BCUT2D eigenvalue weighted by atomic mass is 79.9. The highest BCUT2D eigenvalue weighted by Gasteiger charge is 2.08. The SMILES string of the molecule is N#Cc1ccc(Br)cc1Sc1nc2ccccc2[nH]1. The highest BCUT2D eigenvalue weighted by Crippen LogP contribution is 2.31. The molecule has 92 valence electrons. The molecule has 0 aliphatic heterocycles. The number of benzene rings is 2. The summed E-state index contributed by atoms with van der Waals surface area (Å²) in [5.74, 6) is 0. The van der Waals surface area contributed by atoms with Gasteiger partial charge in [0.25, 0.3) is 0 Å². The van der Waals surface area contributed by atoms with E-state index < -0.39 is 0 Å². The molecule has 3 aromatic rings. The number of para-hydroxylation sites is 2. The molecule has 1 aromatic heterocycles. The molecule has 0 unspecified atom stereocenters. The lowest BCUT2D eigenvalue weighted by molar-refractivity contribution is 1.08. The molecule has 0 fully saturated rings. The van der Waals surface area contributed by atoms with Crippen molar-refractivity contribution in [3.63, 3.8) is 0 Å². The minimum Gasteiger partial charge on any atom is -0.333 e. The van der Waals surface area contributed by atoms with Crippen LogP contribution in [-0.2, 0) is 0 Å². The number of rotatable bonds is 2. The minimum atomic E-state index is 0.647. The van der Waals surface area contributed by atoms with Gasteiger partial charge in [0.05, 0.1) is 16.6 Å². The third kappa shape index (κ3) is 2.50. The Morgan fingerprint density at radius 3 is 2.84 bits per heavy atom. The third-order valence-corrected chi connectivity index (χ3v) is 4.08. The van der Waals surface area contributed by atoms with Crippen molar-refractivity contribution in [3.8, 4) is 6.07 Å². The monoisotopic (exact) mass is 329 g/mol. The fourth-order valence-electron chi connectivity index (χ4n) is 1.75. The van der Waals surface area contributed by atoms with Crippen LogP contribution in [0.3, 0.4) is 0 Å². The first-order valence-electron chi connectivity index (χ1n) is 5.58. The summed E-state index contributed by atoms with van der Waals surface area (Å²) in [6.07, 6.45) is 0. The van der Waals surface area contributed by atoms with Crippen molar-refractivity contribution in [2.24, 2.45) is 0 Å². The van der Waals surface area contributed by atoms with E-state index in [0.717, 1.165) is 25.6 Å². The average molecular weight is 330 g/mol. The van der Waals surface area contributed by atoms with Crippen LogP contribution in [0, 0.1) is 11.3 Å². The van der Waals surface area contributed by atoms with E-state index >= 15 is 0 Å². The number of fused-ring (bicyclic) bond motifs is 1. The number of nitriles is 1. The molecule has 0 saturated carbocycles. The molecule has 19 heavy (non-hydrogen) atoms. The number of aromatic amines is 1. The molecule has 0 saturated heterocycles. The van der Waals surface area contributed by atoms with E-state index in [1.54, 1.807) is 6.07 Å². The first kappa shape index (κ1) is 12.3. The van der Waals surface area contributed by atoms with E-state index in [0.29, 0.717) is 5.56 Å². The Labute approximate surface area is 122 Å². The van der Waals surface area contributed by atoms with E-state index in [-0.39, 0.29) is 0 Å². The Morgan fingerprint density at radius 2 is 2.05 bits per heavy atom. The lowest BCUT2D eigenvalue weighted by Gasteiger charge is -2.01. The van der Waals surface area contributed by atoms with E-state index in [1.807, 2.05) is 36.4 Å². The Morgan fingerprint density at radius 1 is 1.21 bits per heavy atom. The minimum absolute atomic E-state index is 0.647. The molecular formula is C14H8BrN3S. The van der Waals surface area contributed by atoms with Gasteiger partial charge in [-0.15, -0.1) is 0 Å². The van der Waals surface area contributed by atoms with Gasteiger partial charge in [0.2, 0.25) is 0 Å². The Balaban J connectivity index is 2.01. The standard InChI is InChI=1S/C14H8BrN3S/c15-10-6-5-9(8-16)13(7-10)19-14-17-11-3-1-2-4-12(11)18-14/h1-7H,(H,17,18). The molecule has 0 bridgehead atoms. The molecule has 0 atom stereocenters. The van der Waals surface area contributed by atoms with Crippen LogP contribution in [0.4, 0.5) is 0 Å². The van der Waals surface area contributed by atoms with Gasteiger partial charge in [-0.1, -0.05) is 39.8 Å². The smallest absolute Gasteiger partial charge is 0.171 e. The zero-order valence-electron chi connectivity index (χ0n) is 9.72. The number of aromatic nitrogens is 2. The summed E-state index contributed by atoms with van der Waals surface area (Å²) in [7, 11) is 0. The normalized spacial score (nSPS) is 10.5. The fourth-order valence-corrected chi connectivity index (χ4v) is 3.19. The lowest BCUT2D eigenvalue weighted by Crippen LogP contribution is -1.82. The van der Waals surface area contributed by atoms with Gasteiger partial charge in [0.15, 0.2) is 5.16 Å². The summed E-state index contributed by atoms with van der Waals surface area (Å²) in [5.41, 5.74) is 2.57. The van der Waals surface area contributed by atoms with Crippen LogP contribution in [0.25, 0.3) is 11.0 Å². The largest absolute Gasteiger partial charge is 0.333 e. The van der Waals surface area contributed by atoms with Gasteiger partial charge < -0.3 is 4.98 Å². The van der Waals surface area contributed by atoms with Crippen molar-refractivity contribution in [1.29, 1.82) is 5.26 Å². The predicted octanol–water partition coefficient (Wildman–Crippen LogP) is 4.35. The maximum Gasteiger partial charge on any atom is 0.171 e. The Hall–Kier alpha value is -1.77. The van der Waals surface area contributed by atoms with Gasteiger partial charge in [0, 0.05) is 9.37 Å².